The maximum atomic E-state index is 11.4. The summed E-state index contributed by atoms with van der Waals surface area (Å²) >= 11 is 0. The number of rotatable bonds is 2. The number of carbonyl (C=O) groups excluding carboxylic acids is 3. The number of carboxylic acid groups (broad SMARTS) is 1. The summed E-state index contributed by atoms with van der Waals surface area (Å²) in [6.45, 7) is 0.307. The molecule has 2 aliphatic rings. The Labute approximate surface area is 107 Å². The first kappa shape index (κ1) is 13.1. The molecule has 3 amide bonds. The van der Waals surface area contributed by atoms with Gasteiger partial charge in [-0.2, -0.15) is 0 Å². The van der Waals surface area contributed by atoms with Crippen molar-refractivity contribution in [1.29, 1.82) is 0 Å². The van der Waals surface area contributed by atoms with E-state index in [9.17, 15) is 19.2 Å². The molecular weight excluding hydrogens is 260 g/mol. The van der Waals surface area contributed by atoms with E-state index in [1.165, 1.54) is 0 Å². The van der Waals surface area contributed by atoms with E-state index in [1.54, 1.807) is 0 Å². The molecule has 19 heavy (non-hydrogen) atoms. The van der Waals surface area contributed by atoms with Gasteiger partial charge in [-0.3, -0.25) is 14.4 Å². The summed E-state index contributed by atoms with van der Waals surface area (Å²) in [4.78, 5) is 50.0. The van der Waals surface area contributed by atoms with Gasteiger partial charge < -0.3 is 14.7 Å². The Kier molecular flexibility index (Phi) is 3.54. The van der Waals surface area contributed by atoms with Gasteiger partial charge in [0.05, 0.1) is 6.54 Å². The summed E-state index contributed by atoms with van der Waals surface area (Å²) in [6, 6.07) is 0. The Morgan fingerprint density at radius 2 is 1.84 bits per heavy atom. The molecule has 0 spiro atoms. The lowest BCUT2D eigenvalue weighted by Gasteiger charge is -2.15. The van der Waals surface area contributed by atoms with Crippen molar-refractivity contribution >= 4 is 24.1 Å². The monoisotopic (exact) mass is 272 g/mol. The van der Waals surface area contributed by atoms with Gasteiger partial charge in [0.25, 0.3) is 11.8 Å². The van der Waals surface area contributed by atoms with Crippen LogP contribution in [0.25, 0.3) is 0 Å². The Balaban J connectivity index is 1.81. The Morgan fingerprint density at radius 3 is 2.37 bits per heavy atom. The van der Waals surface area contributed by atoms with Crippen molar-refractivity contribution in [2.24, 2.45) is 0 Å². The van der Waals surface area contributed by atoms with Gasteiger partial charge in [0.1, 0.15) is 6.10 Å². The van der Waals surface area contributed by atoms with Crippen molar-refractivity contribution in [3.8, 4) is 0 Å². The van der Waals surface area contributed by atoms with Crippen molar-refractivity contribution in [3.63, 3.8) is 0 Å². The third kappa shape index (κ3) is 2.92. The van der Waals surface area contributed by atoms with Crippen molar-refractivity contribution in [2.75, 3.05) is 13.1 Å². The Bertz CT molecular complexity index is 420. The van der Waals surface area contributed by atoms with Crippen LogP contribution in [0.4, 0.5) is 9.59 Å². The minimum Gasteiger partial charge on any atom is -0.465 e. The molecule has 9 heteroatoms. The molecule has 0 aromatic carbocycles. The van der Waals surface area contributed by atoms with Gasteiger partial charge in [-0.25, -0.2) is 9.59 Å². The minimum atomic E-state index is -1.18. The van der Waals surface area contributed by atoms with Gasteiger partial charge in [-0.05, 0) is 0 Å². The van der Waals surface area contributed by atoms with Crippen LogP contribution in [-0.2, 0) is 19.2 Å². The zero-order chi connectivity index (χ0) is 14.0. The lowest BCUT2D eigenvalue weighted by molar-refractivity contribution is -0.178. The molecule has 0 bridgehead atoms. The standard InChI is InChI=1S/C10H12N2O7/c13-7-1-2-8(14)12(7)19-10(17)18-6-3-4-11(5-6)9(15)16/h6H,1-5H2,(H,15,16)/t6-/m1/s1. The Hall–Kier alpha value is -2.32. The summed E-state index contributed by atoms with van der Waals surface area (Å²) in [5.41, 5.74) is 0. The van der Waals surface area contributed by atoms with Crippen molar-refractivity contribution in [2.45, 2.75) is 25.4 Å². The summed E-state index contributed by atoms with van der Waals surface area (Å²) in [5, 5.41) is 9.10. The number of nitrogens with zero attached hydrogens (tertiary/aromatic N) is 2. The maximum absolute atomic E-state index is 11.4. The molecule has 0 aliphatic carbocycles. The van der Waals surface area contributed by atoms with Crippen molar-refractivity contribution in [3.05, 3.63) is 0 Å². The zero-order valence-corrected chi connectivity index (χ0v) is 9.90. The summed E-state index contributed by atoms with van der Waals surface area (Å²) < 4.78 is 4.84. The lowest BCUT2D eigenvalue weighted by Crippen LogP contribution is -2.34. The number of likely N-dealkylation sites (tertiary alicyclic amines) is 1. The molecule has 2 heterocycles. The van der Waals surface area contributed by atoms with Crippen LogP contribution in [-0.4, -0.2) is 58.3 Å². The fourth-order valence-corrected chi connectivity index (χ4v) is 1.89. The first-order valence-corrected chi connectivity index (χ1v) is 5.69. The second-order valence-corrected chi connectivity index (χ2v) is 4.18. The minimum absolute atomic E-state index is 0.00232. The van der Waals surface area contributed by atoms with E-state index in [0.29, 0.717) is 11.5 Å². The third-order valence-corrected chi connectivity index (χ3v) is 2.85. The second-order valence-electron chi connectivity index (χ2n) is 4.18. The van der Waals surface area contributed by atoms with Crippen LogP contribution < -0.4 is 0 Å². The van der Waals surface area contributed by atoms with Crippen molar-refractivity contribution < 1.29 is 33.9 Å². The predicted molar refractivity (Wildman–Crippen MR) is 56.7 cm³/mol. The summed E-state index contributed by atoms with van der Waals surface area (Å²) in [5.74, 6) is -1.19. The topological polar surface area (TPSA) is 113 Å². The quantitative estimate of drug-likeness (QED) is 0.554. The molecule has 9 nitrogen and oxygen atoms in total. The van der Waals surface area contributed by atoms with E-state index in [4.69, 9.17) is 9.84 Å². The van der Waals surface area contributed by atoms with Crippen LogP contribution in [0, 0.1) is 0 Å². The van der Waals surface area contributed by atoms with E-state index in [0.717, 1.165) is 4.90 Å². The molecule has 104 valence electrons. The number of hydroxylamine groups is 2. The van der Waals surface area contributed by atoms with Gasteiger partial charge in [0, 0.05) is 25.8 Å². The average Bonchev–Trinajstić information content (AvgIpc) is 2.91. The highest BCUT2D eigenvalue weighted by molar-refractivity contribution is 6.01. The fraction of sp³-hybridized carbons (Fsp3) is 0.600. The third-order valence-electron chi connectivity index (χ3n) is 2.85. The van der Waals surface area contributed by atoms with E-state index in [2.05, 4.69) is 4.84 Å². The van der Waals surface area contributed by atoms with E-state index >= 15 is 0 Å². The second kappa shape index (κ2) is 5.12. The van der Waals surface area contributed by atoms with Gasteiger partial charge in [0.2, 0.25) is 0 Å². The molecule has 0 aromatic rings. The SMILES string of the molecule is O=C(O[C@@H]1CCN(C(=O)O)C1)ON1C(=O)CCC1=O. The number of carbonyl (C=O) groups is 4. The van der Waals surface area contributed by atoms with Crippen LogP contribution in [0.15, 0.2) is 0 Å². The number of ether oxygens (including phenoxy) is 1. The van der Waals surface area contributed by atoms with Crippen LogP contribution in [0.2, 0.25) is 0 Å². The van der Waals surface area contributed by atoms with Gasteiger partial charge in [0.15, 0.2) is 0 Å². The van der Waals surface area contributed by atoms with E-state index < -0.39 is 30.2 Å². The highest BCUT2D eigenvalue weighted by Gasteiger charge is 2.35. The molecule has 0 saturated carbocycles. The molecule has 2 fully saturated rings. The van der Waals surface area contributed by atoms with E-state index in [1.807, 2.05) is 0 Å². The van der Waals surface area contributed by atoms with Crippen LogP contribution in [0.3, 0.4) is 0 Å². The van der Waals surface area contributed by atoms with Crippen LogP contribution in [0.1, 0.15) is 19.3 Å². The maximum Gasteiger partial charge on any atom is 0.534 e. The molecular formula is C10H12N2O7. The summed E-state index contributed by atoms with van der Waals surface area (Å²) in [7, 11) is 0. The number of imide groups is 1. The smallest absolute Gasteiger partial charge is 0.465 e. The van der Waals surface area contributed by atoms with Crippen molar-refractivity contribution in [1.82, 2.24) is 9.96 Å². The fourth-order valence-electron chi connectivity index (χ4n) is 1.89. The number of hydrogen-bond donors (Lipinski definition) is 1. The lowest BCUT2D eigenvalue weighted by atomic mass is 10.3. The van der Waals surface area contributed by atoms with Gasteiger partial charge >= 0.3 is 12.2 Å². The number of amides is 3. The zero-order valence-electron chi connectivity index (χ0n) is 9.90. The Morgan fingerprint density at radius 1 is 1.21 bits per heavy atom. The first-order chi connectivity index (χ1) is 8.97. The molecule has 0 aromatic heterocycles. The molecule has 1 atom stereocenters. The van der Waals surface area contributed by atoms with Crippen LogP contribution >= 0.6 is 0 Å². The molecule has 2 aliphatic heterocycles. The number of hydrogen-bond acceptors (Lipinski definition) is 6. The van der Waals surface area contributed by atoms with Crippen LogP contribution in [0.5, 0.6) is 0 Å². The molecule has 0 radical (unpaired) electrons. The molecule has 0 unspecified atom stereocenters. The van der Waals surface area contributed by atoms with Gasteiger partial charge in [-0.15, -0.1) is 0 Å². The summed E-state index contributed by atoms with van der Waals surface area (Å²) in [6.07, 6.45) is -2.55. The normalized spacial score (nSPS) is 22.8. The van der Waals surface area contributed by atoms with E-state index in [-0.39, 0.29) is 25.9 Å². The first-order valence-electron chi connectivity index (χ1n) is 5.69. The highest BCUT2D eigenvalue weighted by atomic mass is 16.8. The molecule has 2 saturated heterocycles. The molecule has 2 rings (SSSR count). The predicted octanol–water partition coefficient (Wildman–Crippen LogP) is -0.0441. The van der Waals surface area contributed by atoms with Gasteiger partial charge in [-0.1, -0.05) is 5.06 Å². The molecule has 1 N–H and O–H groups in total. The largest absolute Gasteiger partial charge is 0.534 e. The highest BCUT2D eigenvalue weighted by Crippen LogP contribution is 2.16. The average molecular weight is 272 g/mol.